The third-order valence-electron chi connectivity index (χ3n) is 4.65. The van der Waals surface area contributed by atoms with Crippen LogP contribution in [-0.2, 0) is 0 Å². The summed E-state index contributed by atoms with van der Waals surface area (Å²) in [4.78, 5) is 0. The van der Waals surface area contributed by atoms with Crippen LogP contribution in [0, 0.1) is 17.8 Å². The van der Waals surface area contributed by atoms with Gasteiger partial charge in [0.05, 0.1) is 7.11 Å². The van der Waals surface area contributed by atoms with Gasteiger partial charge in [0.15, 0.2) is 0 Å². The number of halogens is 1. The molecule has 0 spiro atoms. The number of rotatable bonds is 5. The van der Waals surface area contributed by atoms with Gasteiger partial charge in [-0.15, -0.1) is 0 Å². The van der Waals surface area contributed by atoms with Crippen LogP contribution in [-0.4, -0.2) is 13.7 Å². The van der Waals surface area contributed by atoms with Gasteiger partial charge in [0, 0.05) is 10.5 Å². The molecular weight excluding hydrogens is 326 g/mol. The van der Waals surface area contributed by atoms with Gasteiger partial charge in [-0.3, -0.25) is 0 Å². The summed E-state index contributed by atoms with van der Waals surface area (Å²) in [6, 6.07) is 6.71. The largest absolute Gasteiger partial charge is 0.497 e. The maximum Gasteiger partial charge on any atom is 0.119 e. The van der Waals surface area contributed by atoms with Crippen molar-refractivity contribution in [1.82, 2.24) is 5.32 Å². The highest BCUT2D eigenvalue weighted by Gasteiger charge is 2.31. The van der Waals surface area contributed by atoms with Crippen LogP contribution in [0.15, 0.2) is 22.7 Å². The van der Waals surface area contributed by atoms with Gasteiger partial charge < -0.3 is 10.1 Å². The Morgan fingerprint density at radius 1 is 1.24 bits per heavy atom. The van der Waals surface area contributed by atoms with Crippen LogP contribution < -0.4 is 10.1 Å². The molecule has 1 aromatic carbocycles. The Labute approximate surface area is 137 Å². The van der Waals surface area contributed by atoms with E-state index in [4.69, 9.17) is 4.74 Å². The lowest BCUT2D eigenvalue weighted by molar-refractivity contribution is 0.177. The molecule has 1 N–H and O–H groups in total. The lowest BCUT2D eigenvalue weighted by Crippen LogP contribution is -2.33. The molecule has 0 aromatic heterocycles. The Morgan fingerprint density at radius 2 is 1.90 bits per heavy atom. The maximum absolute atomic E-state index is 5.42. The summed E-state index contributed by atoms with van der Waals surface area (Å²) in [5, 5.41) is 3.72. The third kappa shape index (κ3) is 4.23. The Morgan fingerprint density at radius 3 is 2.48 bits per heavy atom. The number of nitrogens with one attached hydrogen (secondary N) is 1. The van der Waals surface area contributed by atoms with E-state index in [1.54, 1.807) is 7.11 Å². The van der Waals surface area contributed by atoms with E-state index in [1.807, 2.05) is 6.07 Å². The van der Waals surface area contributed by atoms with Crippen molar-refractivity contribution in [3.63, 3.8) is 0 Å². The lowest BCUT2D eigenvalue weighted by atomic mass is 9.72. The first-order valence-corrected chi connectivity index (χ1v) is 8.91. The summed E-state index contributed by atoms with van der Waals surface area (Å²) in [5.74, 6) is 3.29. The second kappa shape index (κ2) is 7.64. The minimum Gasteiger partial charge on any atom is -0.497 e. The van der Waals surface area contributed by atoms with Gasteiger partial charge in [0.2, 0.25) is 0 Å². The summed E-state index contributed by atoms with van der Waals surface area (Å²) in [6.45, 7) is 7.98. The third-order valence-corrected chi connectivity index (χ3v) is 5.37. The monoisotopic (exact) mass is 353 g/mol. The zero-order valence-corrected chi connectivity index (χ0v) is 15.2. The molecule has 3 heteroatoms. The average molecular weight is 354 g/mol. The fraction of sp³-hybridized carbons (Fsp3) is 0.667. The van der Waals surface area contributed by atoms with Crippen molar-refractivity contribution in [2.24, 2.45) is 17.8 Å². The van der Waals surface area contributed by atoms with Crippen molar-refractivity contribution in [1.29, 1.82) is 0 Å². The van der Waals surface area contributed by atoms with E-state index in [1.165, 1.54) is 29.3 Å². The van der Waals surface area contributed by atoms with E-state index in [2.05, 4.69) is 54.2 Å². The molecular formula is C18H28BrNO. The van der Waals surface area contributed by atoms with Gasteiger partial charge in [-0.05, 0) is 67.3 Å². The van der Waals surface area contributed by atoms with Gasteiger partial charge in [-0.1, -0.05) is 36.7 Å². The van der Waals surface area contributed by atoms with Crippen LogP contribution in [0.25, 0.3) is 0 Å². The minimum atomic E-state index is 0.407. The molecule has 1 aliphatic rings. The van der Waals surface area contributed by atoms with Crippen molar-refractivity contribution in [3.05, 3.63) is 28.2 Å². The molecule has 1 aromatic rings. The van der Waals surface area contributed by atoms with Gasteiger partial charge in [-0.25, -0.2) is 0 Å². The van der Waals surface area contributed by atoms with E-state index in [-0.39, 0.29) is 0 Å². The van der Waals surface area contributed by atoms with E-state index < -0.39 is 0 Å². The second-order valence-corrected chi connectivity index (χ2v) is 7.45. The standard InChI is InChI=1S/C18H28BrNO/c1-5-20-18(14-9-12(2)8-13(3)10-14)16-11-15(21-4)6-7-17(16)19/h6-7,11-14,18,20H,5,8-10H2,1-4H3. The van der Waals surface area contributed by atoms with Gasteiger partial charge in [0.1, 0.15) is 5.75 Å². The van der Waals surface area contributed by atoms with Crippen molar-refractivity contribution in [3.8, 4) is 5.75 Å². The predicted molar refractivity (Wildman–Crippen MR) is 92.8 cm³/mol. The van der Waals surface area contributed by atoms with E-state index in [9.17, 15) is 0 Å². The fourth-order valence-electron chi connectivity index (χ4n) is 3.92. The number of ether oxygens (including phenoxy) is 1. The molecule has 1 aliphatic carbocycles. The SMILES string of the molecule is CCNC(c1cc(OC)ccc1Br)C1CC(C)CC(C)C1. The average Bonchev–Trinajstić information content (AvgIpc) is 2.44. The van der Waals surface area contributed by atoms with Gasteiger partial charge in [-0.2, -0.15) is 0 Å². The molecule has 2 rings (SSSR count). The highest BCUT2D eigenvalue weighted by atomic mass is 79.9. The van der Waals surface area contributed by atoms with Crippen LogP contribution >= 0.6 is 15.9 Å². The highest BCUT2D eigenvalue weighted by Crippen LogP contribution is 2.42. The summed E-state index contributed by atoms with van der Waals surface area (Å²) in [5.41, 5.74) is 1.34. The van der Waals surface area contributed by atoms with Crippen LogP contribution in [0.1, 0.15) is 51.6 Å². The zero-order valence-electron chi connectivity index (χ0n) is 13.7. The fourth-order valence-corrected chi connectivity index (χ4v) is 4.41. The number of benzene rings is 1. The molecule has 0 amide bonds. The van der Waals surface area contributed by atoms with Crippen molar-refractivity contribution in [2.45, 2.75) is 46.1 Å². The first-order valence-electron chi connectivity index (χ1n) is 8.11. The topological polar surface area (TPSA) is 21.3 Å². The van der Waals surface area contributed by atoms with Crippen LogP contribution in [0.5, 0.6) is 5.75 Å². The Bertz CT molecular complexity index is 453. The smallest absolute Gasteiger partial charge is 0.119 e. The van der Waals surface area contributed by atoms with Crippen molar-refractivity contribution in [2.75, 3.05) is 13.7 Å². The van der Waals surface area contributed by atoms with Crippen LogP contribution in [0.4, 0.5) is 0 Å². The van der Waals surface area contributed by atoms with Crippen LogP contribution in [0.2, 0.25) is 0 Å². The van der Waals surface area contributed by atoms with Crippen LogP contribution in [0.3, 0.4) is 0 Å². The molecule has 0 bridgehead atoms. The molecule has 118 valence electrons. The van der Waals surface area contributed by atoms with E-state index in [0.29, 0.717) is 12.0 Å². The predicted octanol–water partition coefficient (Wildman–Crippen LogP) is 5.18. The molecule has 1 fully saturated rings. The highest BCUT2D eigenvalue weighted by molar-refractivity contribution is 9.10. The maximum atomic E-state index is 5.42. The normalized spacial score (nSPS) is 27.4. The van der Waals surface area contributed by atoms with Crippen molar-refractivity contribution < 1.29 is 4.74 Å². The Kier molecular flexibility index (Phi) is 6.12. The molecule has 1 saturated carbocycles. The molecule has 3 atom stereocenters. The number of hydrogen-bond acceptors (Lipinski definition) is 2. The molecule has 0 radical (unpaired) electrons. The number of methoxy groups -OCH3 is 1. The quantitative estimate of drug-likeness (QED) is 0.787. The molecule has 0 heterocycles. The minimum absolute atomic E-state index is 0.407. The lowest BCUT2D eigenvalue weighted by Gasteiger charge is -2.37. The molecule has 0 saturated heterocycles. The molecule has 21 heavy (non-hydrogen) atoms. The second-order valence-electron chi connectivity index (χ2n) is 6.60. The Hall–Kier alpha value is -0.540. The summed E-state index contributed by atoms with van der Waals surface area (Å²) < 4.78 is 6.60. The van der Waals surface area contributed by atoms with Crippen molar-refractivity contribution >= 4 is 15.9 Å². The summed E-state index contributed by atoms with van der Waals surface area (Å²) in [7, 11) is 1.74. The number of hydrogen-bond donors (Lipinski definition) is 1. The first-order chi connectivity index (χ1) is 10.0. The Balaban J connectivity index is 2.29. The summed E-state index contributed by atoms with van der Waals surface area (Å²) in [6.07, 6.45) is 3.99. The van der Waals surface area contributed by atoms with Gasteiger partial charge >= 0.3 is 0 Å². The van der Waals surface area contributed by atoms with Gasteiger partial charge in [0.25, 0.3) is 0 Å². The van der Waals surface area contributed by atoms with E-state index in [0.717, 1.165) is 24.1 Å². The van der Waals surface area contributed by atoms with E-state index >= 15 is 0 Å². The molecule has 3 unspecified atom stereocenters. The zero-order chi connectivity index (χ0) is 15.4. The molecule has 2 nitrogen and oxygen atoms in total. The molecule has 0 aliphatic heterocycles. The summed E-state index contributed by atoms with van der Waals surface area (Å²) >= 11 is 3.73. The first kappa shape index (κ1) is 16.8.